The fraction of sp³-hybridized carbons (Fsp3) is 1.00. The van der Waals surface area contributed by atoms with Crippen LogP contribution in [0.4, 0.5) is 0 Å². The van der Waals surface area contributed by atoms with E-state index in [1.807, 2.05) is 0 Å². The van der Waals surface area contributed by atoms with Crippen molar-refractivity contribution in [2.24, 2.45) is 0 Å². The molecule has 0 radical (unpaired) electrons. The van der Waals surface area contributed by atoms with Gasteiger partial charge >= 0.3 is 7.75 Å². The van der Waals surface area contributed by atoms with Crippen LogP contribution in [0, 0.1) is 0 Å². The van der Waals surface area contributed by atoms with Crippen LogP contribution in [-0.4, -0.2) is 39.0 Å². The molecule has 0 spiro atoms. The first-order valence-corrected chi connectivity index (χ1v) is 5.03. The molecule has 0 unspecified atom stereocenters. The molecule has 0 aromatic carbocycles. The summed E-state index contributed by atoms with van der Waals surface area (Å²) < 4.78 is 10.3. The summed E-state index contributed by atoms with van der Waals surface area (Å²) >= 11 is 0. The molecule has 0 aromatic rings. The number of quaternary nitrogens is 1. The van der Waals surface area contributed by atoms with Crippen molar-refractivity contribution >= 4 is 7.75 Å². The average Bonchev–Trinajstić information content (AvgIpc) is 1.90. The number of hydrogen-bond acceptors (Lipinski definition) is 2. The first-order valence-electron chi connectivity index (χ1n) is 3.46. The zero-order valence-corrected chi connectivity index (χ0v) is 7.66. The molecule has 0 aromatic heterocycles. The van der Waals surface area contributed by atoms with Gasteiger partial charge in [0.2, 0.25) is 0 Å². The highest BCUT2D eigenvalue weighted by Crippen LogP contribution is 2.47. The highest BCUT2D eigenvalue weighted by Gasteiger charge is 2.42. The summed E-state index contributed by atoms with van der Waals surface area (Å²) in [4.78, 5) is 17.7. The molecule has 0 heterocycles. The highest BCUT2D eigenvalue weighted by molar-refractivity contribution is 7.45. The molecule has 11 heavy (non-hydrogen) atoms. The first kappa shape index (κ1) is 11.1. The molecule has 0 saturated heterocycles. The molecule has 6 heteroatoms. The smallest absolute Gasteiger partial charge is 0.347 e. The maximum atomic E-state index is 10.9. The molecule has 0 saturated carbocycles. The quantitative estimate of drug-likeness (QED) is 0.420. The Morgan fingerprint density at radius 2 is 1.64 bits per heavy atom. The van der Waals surface area contributed by atoms with Crippen molar-refractivity contribution in [1.82, 2.24) is 0 Å². The van der Waals surface area contributed by atoms with Crippen LogP contribution < -0.4 is 0 Å². The lowest BCUT2D eigenvalue weighted by Crippen LogP contribution is -2.44. The van der Waals surface area contributed by atoms with Gasteiger partial charge in [0.05, 0.1) is 13.1 Å². The van der Waals surface area contributed by atoms with Crippen molar-refractivity contribution < 1.29 is 23.7 Å². The summed E-state index contributed by atoms with van der Waals surface area (Å²) in [6.07, 6.45) is 0. The van der Waals surface area contributed by atoms with Crippen LogP contribution in [0.3, 0.4) is 0 Å². The summed E-state index contributed by atoms with van der Waals surface area (Å²) in [5.41, 5.74) is 0. The molecule has 0 aliphatic rings. The molecule has 0 rings (SSSR count). The minimum Gasteiger partial charge on any atom is -0.347 e. The molecule has 0 aliphatic carbocycles. The number of aliphatic hydroxyl groups is 1. The number of rotatable bonds is 4. The maximum absolute atomic E-state index is 10.9. The van der Waals surface area contributed by atoms with Crippen molar-refractivity contribution in [3.63, 3.8) is 0 Å². The Bertz CT molecular complexity index is 154. The number of aliphatic hydroxyl groups excluding tert-OH is 1. The third-order valence-corrected chi connectivity index (χ3v) is 3.79. The third kappa shape index (κ3) is 2.01. The van der Waals surface area contributed by atoms with E-state index in [1.165, 1.54) is 0 Å². The SMILES string of the molecule is CC[N+](CC)(CO)P(=O)(O)O. The van der Waals surface area contributed by atoms with Crippen LogP contribution in [-0.2, 0) is 4.57 Å². The monoisotopic (exact) mass is 184 g/mol. The Balaban J connectivity index is 4.70. The lowest BCUT2D eigenvalue weighted by molar-refractivity contribution is -0.840. The van der Waals surface area contributed by atoms with E-state index in [0.717, 1.165) is 0 Å². The summed E-state index contributed by atoms with van der Waals surface area (Å²) in [5.74, 6) is 0. The van der Waals surface area contributed by atoms with Crippen LogP contribution in [0.5, 0.6) is 0 Å². The largest absolute Gasteiger partial charge is 0.528 e. The summed E-state index contributed by atoms with van der Waals surface area (Å²) in [6, 6.07) is 0. The van der Waals surface area contributed by atoms with Crippen molar-refractivity contribution in [2.75, 3.05) is 19.8 Å². The second kappa shape index (κ2) is 3.65. The molecular weight excluding hydrogens is 169 g/mol. The van der Waals surface area contributed by atoms with Gasteiger partial charge < -0.3 is 5.11 Å². The summed E-state index contributed by atoms with van der Waals surface area (Å²) in [5, 5.41) is 8.79. The van der Waals surface area contributed by atoms with Crippen molar-refractivity contribution in [1.29, 1.82) is 0 Å². The van der Waals surface area contributed by atoms with Crippen LogP contribution in [0.2, 0.25) is 0 Å². The lowest BCUT2D eigenvalue weighted by atomic mass is 10.6. The van der Waals surface area contributed by atoms with Crippen LogP contribution in [0.1, 0.15) is 13.8 Å². The van der Waals surface area contributed by atoms with Crippen molar-refractivity contribution in [2.45, 2.75) is 13.8 Å². The Kier molecular flexibility index (Phi) is 3.67. The van der Waals surface area contributed by atoms with Crippen LogP contribution >= 0.6 is 7.75 Å². The normalized spacial score (nSPS) is 13.5. The van der Waals surface area contributed by atoms with Gasteiger partial charge in [-0.25, -0.2) is 8.82 Å². The summed E-state index contributed by atoms with van der Waals surface area (Å²) in [7, 11) is -4.22. The van der Waals surface area contributed by atoms with Crippen LogP contribution in [0.25, 0.3) is 0 Å². The van der Waals surface area contributed by atoms with Gasteiger partial charge in [0.15, 0.2) is 6.73 Å². The van der Waals surface area contributed by atoms with Gasteiger partial charge in [-0.05, 0) is 13.8 Å². The first-order chi connectivity index (χ1) is 4.93. The fourth-order valence-corrected chi connectivity index (χ4v) is 1.78. The van der Waals surface area contributed by atoms with Gasteiger partial charge in [-0.3, -0.25) is 9.79 Å². The molecule has 0 aliphatic heterocycles. The average molecular weight is 184 g/mol. The zero-order valence-electron chi connectivity index (χ0n) is 6.77. The van der Waals surface area contributed by atoms with E-state index in [1.54, 1.807) is 13.8 Å². The minimum absolute atomic E-state index is 0.233. The highest BCUT2D eigenvalue weighted by atomic mass is 31.2. The van der Waals surface area contributed by atoms with E-state index in [4.69, 9.17) is 14.9 Å². The Morgan fingerprint density at radius 1 is 1.27 bits per heavy atom. The third-order valence-electron chi connectivity index (χ3n) is 1.99. The van der Waals surface area contributed by atoms with E-state index >= 15 is 0 Å². The van der Waals surface area contributed by atoms with Gasteiger partial charge in [-0.1, -0.05) is 0 Å². The van der Waals surface area contributed by atoms with Gasteiger partial charge in [0, 0.05) is 0 Å². The van der Waals surface area contributed by atoms with Gasteiger partial charge in [-0.2, -0.15) is 0 Å². The minimum atomic E-state index is -4.22. The molecule has 68 valence electrons. The van der Waals surface area contributed by atoms with E-state index < -0.39 is 18.7 Å². The van der Waals surface area contributed by atoms with Gasteiger partial charge in [0.1, 0.15) is 0 Å². The second-order valence-electron chi connectivity index (χ2n) is 2.38. The predicted octanol–water partition coefficient (Wildman–Crippen LogP) is -0.115. The zero-order chi connectivity index (χ0) is 9.12. The van der Waals surface area contributed by atoms with E-state index in [-0.39, 0.29) is 13.1 Å². The predicted molar refractivity (Wildman–Crippen MR) is 40.5 cm³/mol. The molecule has 0 amide bonds. The molecule has 3 N–H and O–H groups in total. The Labute approximate surface area is 66.1 Å². The summed E-state index contributed by atoms with van der Waals surface area (Å²) in [6.45, 7) is 3.23. The van der Waals surface area contributed by atoms with E-state index in [0.29, 0.717) is 0 Å². The molecule has 5 nitrogen and oxygen atoms in total. The van der Waals surface area contributed by atoms with Crippen LogP contribution in [0.15, 0.2) is 0 Å². The van der Waals surface area contributed by atoms with Crippen molar-refractivity contribution in [3.8, 4) is 0 Å². The second-order valence-corrected chi connectivity index (χ2v) is 4.26. The molecular formula is C5H15NO4P+. The number of nitrogens with zero attached hydrogens (tertiary/aromatic N) is 1. The lowest BCUT2D eigenvalue weighted by Gasteiger charge is -2.33. The molecule has 0 bridgehead atoms. The Hall–Kier alpha value is 0.0700. The topological polar surface area (TPSA) is 77.8 Å². The van der Waals surface area contributed by atoms with E-state index in [9.17, 15) is 4.57 Å². The van der Waals surface area contributed by atoms with Gasteiger partial charge in [0.25, 0.3) is 0 Å². The fourth-order valence-electron chi connectivity index (χ4n) is 0.874. The molecule has 0 fully saturated rings. The van der Waals surface area contributed by atoms with E-state index in [2.05, 4.69) is 0 Å². The molecule has 0 atom stereocenters. The van der Waals surface area contributed by atoms with Gasteiger partial charge in [-0.15, -0.1) is 0 Å². The van der Waals surface area contributed by atoms with Crippen molar-refractivity contribution in [3.05, 3.63) is 0 Å². The number of hydrogen-bond donors (Lipinski definition) is 3. The maximum Gasteiger partial charge on any atom is 0.528 e. The standard InChI is InChI=1S/C5H14NO4P/c1-3-6(4-2,5-7)11(8,9)10/h7H,3-5H2,1-2H3,(H-,8,9,10)/p+1. The Morgan fingerprint density at radius 3 is 1.64 bits per heavy atom.